The maximum absolute atomic E-state index is 13.1. The summed E-state index contributed by atoms with van der Waals surface area (Å²) in [4.78, 5) is 17.5. The van der Waals surface area contributed by atoms with Gasteiger partial charge in [-0.05, 0) is 34.9 Å². The van der Waals surface area contributed by atoms with Crippen molar-refractivity contribution in [2.75, 3.05) is 80.4 Å². The molecule has 4 rings (SSSR count). The van der Waals surface area contributed by atoms with E-state index < -0.39 is 0 Å². The van der Waals surface area contributed by atoms with Crippen LogP contribution in [0.3, 0.4) is 0 Å². The van der Waals surface area contributed by atoms with Crippen molar-refractivity contribution in [3.05, 3.63) is 102 Å². The molecule has 0 bridgehead atoms. The van der Waals surface area contributed by atoms with Gasteiger partial charge < -0.3 is 33.3 Å². The summed E-state index contributed by atoms with van der Waals surface area (Å²) in [5, 5.41) is 0. The number of methoxy groups -OCH3 is 2. The van der Waals surface area contributed by atoms with E-state index in [1.807, 2.05) is 29.2 Å². The second-order valence-corrected chi connectivity index (χ2v) is 9.95. The van der Waals surface area contributed by atoms with Gasteiger partial charge in [-0.2, -0.15) is 0 Å². The summed E-state index contributed by atoms with van der Waals surface area (Å²) in [7, 11) is 3.23. The Labute approximate surface area is 254 Å². The van der Waals surface area contributed by atoms with Crippen molar-refractivity contribution in [2.24, 2.45) is 0 Å². The third-order valence-corrected chi connectivity index (χ3v) is 7.07. The Morgan fingerprint density at radius 1 is 0.721 bits per heavy atom. The Bertz CT molecular complexity index is 1210. The van der Waals surface area contributed by atoms with E-state index in [1.165, 1.54) is 11.1 Å². The van der Waals surface area contributed by atoms with E-state index >= 15 is 0 Å². The lowest BCUT2D eigenvalue weighted by Gasteiger charge is -2.39. The molecule has 1 aliphatic rings. The van der Waals surface area contributed by atoms with Gasteiger partial charge in [0.05, 0.1) is 32.5 Å². The van der Waals surface area contributed by atoms with Crippen molar-refractivity contribution in [1.82, 2.24) is 9.80 Å². The van der Waals surface area contributed by atoms with Gasteiger partial charge in [0.1, 0.15) is 0 Å². The van der Waals surface area contributed by atoms with E-state index in [-0.39, 0.29) is 25.5 Å². The Balaban J connectivity index is 1.36. The van der Waals surface area contributed by atoms with Crippen LogP contribution in [-0.4, -0.2) is 96.1 Å². The third kappa shape index (κ3) is 10.2. The largest absolute Gasteiger partial charge is 0.464 e. The minimum absolute atomic E-state index is 0.0205. The summed E-state index contributed by atoms with van der Waals surface area (Å²) >= 11 is 0. The Morgan fingerprint density at radius 2 is 1.28 bits per heavy atom. The molecule has 0 radical (unpaired) electrons. The Hall–Kier alpha value is -3.73. The zero-order valence-corrected chi connectivity index (χ0v) is 25.1. The molecule has 3 aromatic rings. The normalized spacial score (nSPS) is 14.0. The summed E-state index contributed by atoms with van der Waals surface area (Å²) in [5.41, 5.74) is 3.31. The van der Waals surface area contributed by atoms with Crippen LogP contribution in [0.1, 0.15) is 22.7 Å². The SMILES string of the molecule is COCCOCOc1ccc(C=CC(=O)N2CCN(C(c3ccccc3)c3ccccc3)CC2)cc1OCOCCOC. The van der Waals surface area contributed by atoms with Crippen LogP contribution in [0.5, 0.6) is 11.5 Å². The Morgan fingerprint density at radius 3 is 1.84 bits per heavy atom. The number of rotatable bonds is 17. The van der Waals surface area contributed by atoms with Gasteiger partial charge >= 0.3 is 0 Å². The highest BCUT2D eigenvalue weighted by Crippen LogP contribution is 2.30. The second kappa shape index (κ2) is 18.0. The quantitative estimate of drug-likeness (QED) is 0.128. The number of nitrogens with zero attached hydrogens (tertiary/aromatic N) is 2. The molecule has 1 aliphatic heterocycles. The molecule has 1 heterocycles. The van der Waals surface area contributed by atoms with E-state index in [0.29, 0.717) is 51.0 Å². The van der Waals surface area contributed by atoms with Crippen molar-refractivity contribution in [3.8, 4) is 11.5 Å². The van der Waals surface area contributed by atoms with Gasteiger partial charge in [-0.1, -0.05) is 66.7 Å². The molecule has 9 nitrogen and oxygen atoms in total. The number of benzene rings is 3. The smallest absolute Gasteiger partial charge is 0.246 e. The zero-order chi connectivity index (χ0) is 30.1. The van der Waals surface area contributed by atoms with Crippen LogP contribution in [0.15, 0.2) is 84.9 Å². The van der Waals surface area contributed by atoms with Gasteiger partial charge in [0.15, 0.2) is 25.1 Å². The summed E-state index contributed by atoms with van der Waals surface area (Å²) in [6.07, 6.45) is 3.41. The fraction of sp³-hybridized carbons (Fsp3) is 0.382. The monoisotopic (exact) mass is 590 g/mol. The van der Waals surface area contributed by atoms with Crippen molar-refractivity contribution < 1.29 is 33.2 Å². The Kier molecular flexibility index (Phi) is 13.5. The molecular weight excluding hydrogens is 548 g/mol. The first-order valence-electron chi connectivity index (χ1n) is 14.5. The molecule has 0 atom stereocenters. The molecular formula is C34H42N2O7. The van der Waals surface area contributed by atoms with Crippen molar-refractivity contribution >= 4 is 12.0 Å². The molecule has 3 aromatic carbocycles. The van der Waals surface area contributed by atoms with Gasteiger partial charge in [-0.15, -0.1) is 0 Å². The van der Waals surface area contributed by atoms with Crippen LogP contribution in [0.4, 0.5) is 0 Å². The van der Waals surface area contributed by atoms with E-state index in [1.54, 1.807) is 32.4 Å². The van der Waals surface area contributed by atoms with Gasteiger partial charge in [-0.3, -0.25) is 9.69 Å². The van der Waals surface area contributed by atoms with Crippen LogP contribution in [-0.2, 0) is 23.7 Å². The first-order valence-corrected chi connectivity index (χ1v) is 14.5. The van der Waals surface area contributed by atoms with Crippen LogP contribution >= 0.6 is 0 Å². The van der Waals surface area contributed by atoms with Gasteiger partial charge in [-0.25, -0.2) is 0 Å². The molecule has 0 spiro atoms. The fourth-order valence-corrected chi connectivity index (χ4v) is 4.83. The molecule has 43 heavy (non-hydrogen) atoms. The van der Waals surface area contributed by atoms with Crippen molar-refractivity contribution in [3.63, 3.8) is 0 Å². The molecule has 1 fully saturated rings. The number of hydrogen-bond donors (Lipinski definition) is 0. The molecule has 0 aliphatic carbocycles. The molecule has 9 heteroatoms. The standard InChI is InChI=1S/C34H42N2O7/c1-38-21-23-40-26-42-31-15-13-28(25-32(31)43-27-41-24-22-39-2)14-16-33(37)35-17-19-36(20-18-35)34(29-9-5-3-6-10-29)30-11-7-4-8-12-30/h3-16,25,34H,17-24,26-27H2,1-2H3. The van der Waals surface area contributed by atoms with E-state index in [0.717, 1.165) is 18.7 Å². The first-order chi connectivity index (χ1) is 21.2. The molecule has 0 unspecified atom stereocenters. The predicted molar refractivity (Wildman–Crippen MR) is 165 cm³/mol. The number of ether oxygens (including phenoxy) is 6. The molecule has 230 valence electrons. The molecule has 1 saturated heterocycles. The lowest BCUT2D eigenvalue weighted by molar-refractivity contribution is -0.127. The second-order valence-electron chi connectivity index (χ2n) is 9.95. The summed E-state index contributed by atoms with van der Waals surface area (Å²) < 4.78 is 32.4. The number of hydrogen-bond acceptors (Lipinski definition) is 8. The average Bonchev–Trinajstić information content (AvgIpc) is 3.05. The topological polar surface area (TPSA) is 78.9 Å². The number of piperazine rings is 1. The van der Waals surface area contributed by atoms with Crippen molar-refractivity contribution in [2.45, 2.75) is 6.04 Å². The first kappa shape index (κ1) is 32.2. The lowest BCUT2D eigenvalue weighted by Crippen LogP contribution is -2.49. The highest BCUT2D eigenvalue weighted by atomic mass is 16.7. The van der Waals surface area contributed by atoms with Crippen molar-refractivity contribution in [1.29, 1.82) is 0 Å². The minimum Gasteiger partial charge on any atom is -0.464 e. The highest BCUT2D eigenvalue weighted by molar-refractivity contribution is 5.92. The maximum Gasteiger partial charge on any atom is 0.246 e. The van der Waals surface area contributed by atoms with Gasteiger partial charge in [0, 0.05) is 46.5 Å². The van der Waals surface area contributed by atoms with Crippen LogP contribution in [0, 0.1) is 0 Å². The van der Waals surface area contributed by atoms with Crippen LogP contribution < -0.4 is 9.47 Å². The number of carbonyl (C=O) groups is 1. The maximum atomic E-state index is 13.1. The molecule has 0 aromatic heterocycles. The van der Waals surface area contributed by atoms with Crippen LogP contribution in [0.25, 0.3) is 6.08 Å². The fourth-order valence-electron chi connectivity index (χ4n) is 4.83. The van der Waals surface area contributed by atoms with E-state index in [2.05, 4.69) is 53.4 Å². The van der Waals surface area contributed by atoms with E-state index in [4.69, 9.17) is 28.4 Å². The minimum atomic E-state index is -0.0205. The molecule has 0 saturated carbocycles. The molecule has 1 amide bonds. The predicted octanol–water partition coefficient (Wildman–Crippen LogP) is 4.63. The van der Waals surface area contributed by atoms with Gasteiger partial charge in [0.25, 0.3) is 0 Å². The van der Waals surface area contributed by atoms with Gasteiger partial charge in [0.2, 0.25) is 5.91 Å². The molecule has 0 N–H and O–H groups in total. The van der Waals surface area contributed by atoms with Crippen LogP contribution in [0.2, 0.25) is 0 Å². The lowest BCUT2D eigenvalue weighted by atomic mass is 9.96. The average molecular weight is 591 g/mol. The number of carbonyl (C=O) groups excluding carboxylic acids is 1. The summed E-state index contributed by atoms with van der Waals surface area (Å²) in [6, 6.07) is 26.7. The summed E-state index contributed by atoms with van der Waals surface area (Å²) in [5.74, 6) is 0.982. The highest BCUT2D eigenvalue weighted by Gasteiger charge is 2.27. The zero-order valence-electron chi connectivity index (χ0n) is 25.1. The summed E-state index contributed by atoms with van der Waals surface area (Å²) in [6.45, 7) is 4.75. The third-order valence-electron chi connectivity index (χ3n) is 7.07. The number of amides is 1. The van der Waals surface area contributed by atoms with E-state index in [9.17, 15) is 4.79 Å².